The van der Waals surface area contributed by atoms with Gasteiger partial charge in [0.2, 0.25) is 0 Å². The zero-order valence-electron chi connectivity index (χ0n) is 7.02. The molecular formula is C9H12ClFO. The molecule has 0 amide bonds. The molecule has 0 bridgehead atoms. The molecule has 12 heavy (non-hydrogen) atoms. The smallest absolute Gasteiger partial charge is 0.144 e. The van der Waals surface area contributed by atoms with Crippen molar-refractivity contribution in [2.45, 2.75) is 13.3 Å². The highest BCUT2D eigenvalue weighted by molar-refractivity contribution is 6.31. The first-order valence-electron chi connectivity index (χ1n) is 3.68. The monoisotopic (exact) mass is 190 g/mol. The summed E-state index contributed by atoms with van der Waals surface area (Å²) in [5.74, 6) is -0.539. The fourth-order valence-corrected chi connectivity index (χ4v) is 0.534. The predicted octanol–water partition coefficient (Wildman–Crippen LogP) is 3.53. The first-order chi connectivity index (χ1) is 5.72. The molecule has 0 aliphatic heterocycles. The molecule has 0 spiro atoms. The summed E-state index contributed by atoms with van der Waals surface area (Å²) in [6.07, 6.45) is 4.58. The summed E-state index contributed by atoms with van der Waals surface area (Å²) in [5, 5.41) is -0.00801. The number of allylic oxidation sites excluding steroid dienone is 4. The van der Waals surface area contributed by atoms with E-state index >= 15 is 0 Å². The third-order valence-corrected chi connectivity index (χ3v) is 1.37. The molecule has 0 unspecified atom stereocenters. The van der Waals surface area contributed by atoms with Crippen molar-refractivity contribution in [3.05, 3.63) is 35.9 Å². The van der Waals surface area contributed by atoms with Crippen molar-refractivity contribution in [2.75, 3.05) is 6.61 Å². The molecule has 0 aliphatic rings. The van der Waals surface area contributed by atoms with Crippen LogP contribution in [0.1, 0.15) is 13.3 Å². The Morgan fingerprint density at radius 2 is 2.33 bits per heavy atom. The van der Waals surface area contributed by atoms with Crippen molar-refractivity contribution >= 4 is 11.6 Å². The van der Waals surface area contributed by atoms with Crippen LogP contribution >= 0.6 is 11.6 Å². The second-order valence-corrected chi connectivity index (χ2v) is 2.48. The third-order valence-electron chi connectivity index (χ3n) is 1.04. The van der Waals surface area contributed by atoms with Gasteiger partial charge in [0.15, 0.2) is 0 Å². The molecule has 0 saturated heterocycles. The summed E-state index contributed by atoms with van der Waals surface area (Å²) in [6, 6.07) is 0. The fraction of sp³-hybridized carbons (Fsp3) is 0.333. The second kappa shape index (κ2) is 6.92. The Hall–Kier alpha value is -0.760. The van der Waals surface area contributed by atoms with Gasteiger partial charge in [0, 0.05) is 6.08 Å². The van der Waals surface area contributed by atoms with E-state index in [9.17, 15) is 4.39 Å². The molecule has 0 atom stereocenters. The highest BCUT2D eigenvalue weighted by Gasteiger charge is 1.93. The number of hydrogen-bond donors (Lipinski definition) is 0. The molecular weight excluding hydrogens is 179 g/mol. The van der Waals surface area contributed by atoms with Crippen molar-refractivity contribution in [3.63, 3.8) is 0 Å². The predicted molar refractivity (Wildman–Crippen MR) is 49.6 cm³/mol. The fourth-order valence-electron chi connectivity index (χ4n) is 0.471. The van der Waals surface area contributed by atoms with Crippen LogP contribution in [0.15, 0.2) is 35.9 Å². The largest absolute Gasteiger partial charge is 0.501 e. The maximum Gasteiger partial charge on any atom is 0.144 e. The lowest BCUT2D eigenvalue weighted by atomic mass is 10.4. The molecule has 0 radical (unpaired) electrons. The standard InChI is InChI=1S/C9H12ClFO/c1-3-6-12-7-5-9(11)8(10)4-2/h4-5,7H,2-3,6H2,1H3/b7-5+,9-8-. The van der Waals surface area contributed by atoms with Gasteiger partial charge >= 0.3 is 0 Å². The molecule has 68 valence electrons. The minimum atomic E-state index is -0.539. The quantitative estimate of drug-likeness (QED) is 0.366. The van der Waals surface area contributed by atoms with E-state index in [-0.39, 0.29) is 5.03 Å². The molecule has 0 saturated carbocycles. The normalized spacial score (nSPS) is 12.9. The van der Waals surface area contributed by atoms with E-state index in [1.54, 1.807) is 0 Å². The van der Waals surface area contributed by atoms with Crippen LogP contribution in [-0.2, 0) is 4.74 Å². The van der Waals surface area contributed by atoms with E-state index in [0.717, 1.165) is 6.42 Å². The molecule has 0 aliphatic carbocycles. The number of halogens is 2. The summed E-state index contributed by atoms with van der Waals surface area (Å²) < 4.78 is 17.6. The average Bonchev–Trinajstić information content (AvgIpc) is 2.10. The van der Waals surface area contributed by atoms with E-state index < -0.39 is 5.83 Å². The van der Waals surface area contributed by atoms with Crippen LogP contribution in [0.4, 0.5) is 4.39 Å². The van der Waals surface area contributed by atoms with Crippen LogP contribution in [0.2, 0.25) is 0 Å². The molecule has 0 aromatic rings. The molecule has 0 aromatic carbocycles. The summed E-state index contributed by atoms with van der Waals surface area (Å²) in [6.45, 7) is 5.87. The van der Waals surface area contributed by atoms with E-state index in [0.29, 0.717) is 6.61 Å². The first-order valence-corrected chi connectivity index (χ1v) is 4.06. The van der Waals surface area contributed by atoms with Gasteiger partial charge in [-0.3, -0.25) is 0 Å². The van der Waals surface area contributed by atoms with E-state index in [4.69, 9.17) is 16.3 Å². The Morgan fingerprint density at radius 3 is 2.83 bits per heavy atom. The van der Waals surface area contributed by atoms with Gasteiger partial charge in [-0.15, -0.1) is 0 Å². The highest BCUT2D eigenvalue weighted by Crippen LogP contribution is 2.12. The molecule has 0 N–H and O–H groups in total. The van der Waals surface area contributed by atoms with Crippen LogP contribution in [0.3, 0.4) is 0 Å². The lowest BCUT2D eigenvalue weighted by molar-refractivity contribution is 0.249. The van der Waals surface area contributed by atoms with Crippen molar-refractivity contribution in [1.82, 2.24) is 0 Å². The first kappa shape index (κ1) is 11.2. The Morgan fingerprint density at radius 1 is 1.67 bits per heavy atom. The zero-order chi connectivity index (χ0) is 9.40. The molecule has 0 heterocycles. The lowest BCUT2D eigenvalue weighted by Gasteiger charge is -1.94. The lowest BCUT2D eigenvalue weighted by Crippen LogP contribution is -1.82. The van der Waals surface area contributed by atoms with Crippen LogP contribution in [0.25, 0.3) is 0 Å². The van der Waals surface area contributed by atoms with Gasteiger partial charge in [0.25, 0.3) is 0 Å². The van der Waals surface area contributed by atoms with Crippen LogP contribution in [0.5, 0.6) is 0 Å². The van der Waals surface area contributed by atoms with Crippen LogP contribution < -0.4 is 0 Å². The summed E-state index contributed by atoms with van der Waals surface area (Å²) in [4.78, 5) is 0. The van der Waals surface area contributed by atoms with Crippen molar-refractivity contribution < 1.29 is 9.13 Å². The Labute approximate surface area is 77.2 Å². The highest BCUT2D eigenvalue weighted by atomic mass is 35.5. The van der Waals surface area contributed by atoms with Gasteiger partial charge in [0.05, 0.1) is 17.9 Å². The molecule has 1 nitrogen and oxygen atoms in total. The van der Waals surface area contributed by atoms with Gasteiger partial charge in [-0.25, -0.2) is 4.39 Å². The van der Waals surface area contributed by atoms with E-state index in [1.165, 1.54) is 18.4 Å². The number of rotatable bonds is 5. The number of hydrogen-bond acceptors (Lipinski definition) is 1. The Kier molecular flexibility index (Phi) is 6.48. The van der Waals surface area contributed by atoms with E-state index in [2.05, 4.69) is 6.58 Å². The zero-order valence-corrected chi connectivity index (χ0v) is 7.77. The maximum atomic E-state index is 12.7. The molecule has 3 heteroatoms. The minimum absolute atomic E-state index is 0.00801. The Balaban J connectivity index is 3.90. The minimum Gasteiger partial charge on any atom is -0.501 e. The van der Waals surface area contributed by atoms with Gasteiger partial charge in [-0.05, 0) is 12.5 Å². The third kappa shape index (κ3) is 4.97. The summed E-state index contributed by atoms with van der Waals surface area (Å²) >= 11 is 5.41. The SMILES string of the molecule is C=C/C(Cl)=C(F)\C=C\OCCC. The Bertz CT molecular complexity index is 197. The number of ether oxygens (including phenoxy) is 1. The van der Waals surface area contributed by atoms with Crippen molar-refractivity contribution in [3.8, 4) is 0 Å². The molecule has 0 rings (SSSR count). The van der Waals surface area contributed by atoms with Crippen molar-refractivity contribution in [2.24, 2.45) is 0 Å². The van der Waals surface area contributed by atoms with Gasteiger partial charge in [-0.2, -0.15) is 0 Å². The van der Waals surface area contributed by atoms with E-state index in [1.807, 2.05) is 6.92 Å². The average molecular weight is 191 g/mol. The topological polar surface area (TPSA) is 9.23 Å². The van der Waals surface area contributed by atoms with Crippen LogP contribution in [-0.4, -0.2) is 6.61 Å². The summed E-state index contributed by atoms with van der Waals surface area (Å²) in [5.41, 5.74) is 0. The van der Waals surface area contributed by atoms with Gasteiger partial charge in [0.1, 0.15) is 5.83 Å². The van der Waals surface area contributed by atoms with Gasteiger partial charge < -0.3 is 4.74 Å². The van der Waals surface area contributed by atoms with Gasteiger partial charge in [-0.1, -0.05) is 25.1 Å². The van der Waals surface area contributed by atoms with Crippen LogP contribution in [0, 0.1) is 0 Å². The second-order valence-electron chi connectivity index (χ2n) is 2.07. The summed E-state index contributed by atoms with van der Waals surface area (Å²) in [7, 11) is 0. The molecule has 0 aromatic heterocycles. The molecule has 0 fully saturated rings. The maximum absolute atomic E-state index is 12.7. The van der Waals surface area contributed by atoms with Crippen molar-refractivity contribution in [1.29, 1.82) is 0 Å².